The molecule has 29 heavy (non-hydrogen) atoms. The van der Waals surface area contributed by atoms with Crippen LogP contribution in [-0.2, 0) is 14.3 Å². The quantitative estimate of drug-likeness (QED) is 0.360. The van der Waals surface area contributed by atoms with E-state index in [-0.39, 0.29) is 5.92 Å². The Balaban J connectivity index is 0.000000227. The van der Waals surface area contributed by atoms with Crippen LogP contribution in [0.5, 0.6) is 0 Å². The second kappa shape index (κ2) is 11.3. The van der Waals surface area contributed by atoms with E-state index in [2.05, 4.69) is 26.5 Å². The first-order chi connectivity index (χ1) is 13.7. The molecule has 0 aromatic carbocycles. The number of hydrogen-bond acceptors (Lipinski definition) is 6. The molecule has 4 fully saturated rings. The molecule has 2 atom stereocenters. The molecule has 4 rings (SSSR count). The zero-order chi connectivity index (χ0) is 21.6. The van der Waals surface area contributed by atoms with E-state index >= 15 is 0 Å². The van der Waals surface area contributed by atoms with Crippen LogP contribution in [0.25, 0.3) is 0 Å². The topological polar surface area (TPSA) is 89.6 Å². The Kier molecular flexibility index (Phi) is 9.68. The molecule has 0 heterocycles. The number of carboxylic acid groups (broad SMARTS) is 1. The summed E-state index contributed by atoms with van der Waals surface area (Å²) in [5, 5.41) is 9.44. The molecule has 4 aliphatic rings. The van der Waals surface area contributed by atoms with Gasteiger partial charge in [-0.05, 0) is 69.1 Å². The number of carboxylic acids is 1. The van der Waals surface area contributed by atoms with Crippen molar-refractivity contribution in [2.45, 2.75) is 89.0 Å². The summed E-state index contributed by atoms with van der Waals surface area (Å²) in [4.78, 5) is 22.6. The fraction of sp³-hybridized carbons (Fsp3) is 0.909. The maximum absolute atomic E-state index is 11.5. The summed E-state index contributed by atoms with van der Waals surface area (Å²) >= 11 is 5.53. The van der Waals surface area contributed by atoms with Crippen LogP contribution < -0.4 is 5.73 Å². The van der Waals surface area contributed by atoms with Gasteiger partial charge in [0.15, 0.2) is 0 Å². The highest BCUT2D eigenvalue weighted by Crippen LogP contribution is 2.54. The summed E-state index contributed by atoms with van der Waals surface area (Å²) in [5.41, 5.74) is 6.62. The van der Waals surface area contributed by atoms with Crippen molar-refractivity contribution in [2.24, 2.45) is 29.4 Å². The molecule has 0 aliphatic heterocycles. The minimum absolute atomic E-state index is 0.298. The van der Waals surface area contributed by atoms with Gasteiger partial charge in [0.25, 0.3) is 0 Å². The van der Waals surface area contributed by atoms with E-state index < -0.39 is 18.0 Å². The van der Waals surface area contributed by atoms with E-state index in [0.29, 0.717) is 22.3 Å². The lowest BCUT2D eigenvalue weighted by Crippen LogP contribution is -2.55. The first-order valence-electron chi connectivity index (χ1n) is 11.1. The second-order valence-corrected chi connectivity index (χ2v) is 11.1. The third-order valence-electron chi connectivity index (χ3n) is 6.69. The van der Waals surface area contributed by atoms with Crippen LogP contribution in [0.4, 0.5) is 0 Å². The van der Waals surface area contributed by atoms with Crippen molar-refractivity contribution < 1.29 is 19.4 Å². The number of thiol groups is 1. The average molecular weight is 446 g/mol. The Hall–Kier alpha value is -0.400. The molecular formula is C22H39NO4S2. The fourth-order valence-corrected chi connectivity index (χ4v) is 6.69. The number of rotatable bonds is 9. The Morgan fingerprint density at radius 1 is 1.14 bits per heavy atom. The van der Waals surface area contributed by atoms with E-state index in [4.69, 9.17) is 15.6 Å². The van der Waals surface area contributed by atoms with Gasteiger partial charge in [-0.3, -0.25) is 4.79 Å². The third kappa shape index (κ3) is 7.35. The van der Waals surface area contributed by atoms with Gasteiger partial charge in [-0.1, -0.05) is 20.8 Å². The van der Waals surface area contributed by atoms with Gasteiger partial charge in [0.2, 0.25) is 6.10 Å². The lowest BCUT2D eigenvalue weighted by molar-refractivity contribution is -0.164. The SMILES string of the molecule is CCC(CC)SCC(OC(=O)[C@@H](C)CS)C(=O)O.NC12CC3CC(CC(C3)C1)C2. The minimum Gasteiger partial charge on any atom is -0.478 e. The largest absolute Gasteiger partial charge is 0.478 e. The van der Waals surface area contributed by atoms with Crippen LogP contribution >= 0.6 is 24.4 Å². The number of ether oxygens (including phenoxy) is 1. The molecule has 4 aliphatic carbocycles. The van der Waals surface area contributed by atoms with Crippen molar-refractivity contribution in [1.82, 2.24) is 0 Å². The van der Waals surface area contributed by atoms with E-state index in [1.54, 1.807) is 18.7 Å². The normalized spacial score (nSPS) is 31.7. The van der Waals surface area contributed by atoms with E-state index in [1.807, 2.05) is 0 Å². The van der Waals surface area contributed by atoms with Crippen molar-refractivity contribution in [1.29, 1.82) is 0 Å². The van der Waals surface area contributed by atoms with Crippen LogP contribution in [0.15, 0.2) is 0 Å². The number of esters is 1. The van der Waals surface area contributed by atoms with Crippen LogP contribution in [0, 0.1) is 23.7 Å². The molecule has 0 aromatic heterocycles. The van der Waals surface area contributed by atoms with Crippen molar-refractivity contribution in [3.63, 3.8) is 0 Å². The van der Waals surface area contributed by atoms with Gasteiger partial charge in [0.1, 0.15) is 0 Å². The molecule has 0 spiro atoms. The number of thioether (sulfide) groups is 1. The molecule has 0 saturated heterocycles. The Labute approximate surface area is 185 Å². The van der Waals surface area contributed by atoms with Gasteiger partial charge in [-0.2, -0.15) is 24.4 Å². The zero-order valence-corrected chi connectivity index (χ0v) is 19.9. The molecule has 0 radical (unpaired) electrons. The number of nitrogens with two attached hydrogens (primary N) is 1. The molecule has 0 amide bonds. The van der Waals surface area contributed by atoms with Crippen molar-refractivity contribution in [3.05, 3.63) is 0 Å². The van der Waals surface area contributed by atoms with Crippen LogP contribution in [-0.4, -0.2) is 45.4 Å². The number of hydrogen-bond donors (Lipinski definition) is 3. The highest BCUT2D eigenvalue weighted by molar-refractivity contribution is 7.99. The molecule has 1 unspecified atom stereocenters. The van der Waals surface area contributed by atoms with Gasteiger partial charge < -0.3 is 15.6 Å². The van der Waals surface area contributed by atoms with Crippen molar-refractivity contribution >= 4 is 36.3 Å². The molecule has 0 aromatic rings. The lowest BCUT2D eigenvalue weighted by atomic mass is 9.53. The molecule has 4 saturated carbocycles. The summed E-state index contributed by atoms with van der Waals surface area (Å²) in [7, 11) is 0. The predicted octanol–water partition coefficient (Wildman–Crippen LogP) is 4.38. The first-order valence-corrected chi connectivity index (χ1v) is 12.8. The van der Waals surface area contributed by atoms with Gasteiger partial charge in [0.05, 0.1) is 5.92 Å². The summed E-state index contributed by atoms with van der Waals surface area (Å²) in [6.07, 6.45) is 9.47. The average Bonchev–Trinajstić information content (AvgIpc) is 2.65. The summed E-state index contributed by atoms with van der Waals surface area (Å²) in [6.45, 7) is 5.79. The highest BCUT2D eigenvalue weighted by Gasteiger charge is 2.48. The molecule has 4 bridgehead atoms. The third-order valence-corrected chi connectivity index (χ3v) is 8.87. The van der Waals surface area contributed by atoms with Crippen LogP contribution in [0.2, 0.25) is 0 Å². The number of aliphatic carboxylic acids is 1. The Morgan fingerprint density at radius 2 is 1.62 bits per heavy atom. The Morgan fingerprint density at radius 3 is 1.97 bits per heavy atom. The summed E-state index contributed by atoms with van der Waals surface area (Å²) in [6, 6.07) is 0. The minimum atomic E-state index is -1.09. The predicted molar refractivity (Wildman–Crippen MR) is 122 cm³/mol. The van der Waals surface area contributed by atoms with Crippen molar-refractivity contribution in [3.8, 4) is 0 Å². The molecular weight excluding hydrogens is 406 g/mol. The Bertz CT molecular complexity index is 518. The zero-order valence-electron chi connectivity index (χ0n) is 18.1. The van der Waals surface area contributed by atoms with Gasteiger partial charge in [0, 0.05) is 22.3 Å². The van der Waals surface area contributed by atoms with Crippen LogP contribution in [0.1, 0.15) is 72.1 Å². The van der Waals surface area contributed by atoms with Gasteiger partial charge >= 0.3 is 11.9 Å². The standard InChI is InChI=1S/C12H22O4S2.C10H17N/c1-4-9(5-2)18-7-10(11(13)14)16-12(15)8(3)6-17;11-10-4-7-1-8(5-10)3-9(2-7)6-10/h8-10,17H,4-7H2,1-3H3,(H,13,14);7-9H,1-6,11H2/t8-,10?;/m0./s1. The molecule has 3 N–H and O–H groups in total. The maximum Gasteiger partial charge on any atom is 0.345 e. The fourth-order valence-electron chi connectivity index (χ4n) is 5.41. The molecule has 7 heteroatoms. The second-order valence-electron chi connectivity index (χ2n) is 9.40. The van der Waals surface area contributed by atoms with E-state index in [1.165, 1.54) is 38.5 Å². The summed E-state index contributed by atoms with van der Waals surface area (Å²) < 4.78 is 5.00. The highest BCUT2D eigenvalue weighted by atomic mass is 32.2. The van der Waals surface area contributed by atoms with E-state index in [9.17, 15) is 9.59 Å². The van der Waals surface area contributed by atoms with Gasteiger partial charge in [-0.15, -0.1) is 0 Å². The number of carbonyl (C=O) groups excluding carboxylic acids is 1. The van der Waals surface area contributed by atoms with E-state index in [0.717, 1.165) is 30.6 Å². The first kappa shape index (κ1) is 24.9. The van der Waals surface area contributed by atoms with Gasteiger partial charge in [-0.25, -0.2) is 4.79 Å². The molecule has 5 nitrogen and oxygen atoms in total. The maximum atomic E-state index is 11.5. The number of carbonyl (C=O) groups is 2. The lowest BCUT2D eigenvalue weighted by Gasteiger charge is -2.55. The van der Waals surface area contributed by atoms with Crippen molar-refractivity contribution in [2.75, 3.05) is 11.5 Å². The molecule has 168 valence electrons. The monoisotopic (exact) mass is 445 g/mol. The van der Waals surface area contributed by atoms with Crippen LogP contribution in [0.3, 0.4) is 0 Å². The summed E-state index contributed by atoms with van der Waals surface area (Å²) in [5.74, 6) is 1.74. The smallest absolute Gasteiger partial charge is 0.345 e.